The van der Waals surface area contributed by atoms with Gasteiger partial charge in [0.15, 0.2) is 0 Å². The van der Waals surface area contributed by atoms with Crippen molar-refractivity contribution in [3.63, 3.8) is 0 Å². The average molecular weight is 270 g/mol. The van der Waals surface area contributed by atoms with Gasteiger partial charge >= 0.3 is 0 Å². The molecule has 82 valence electrons. The molecule has 0 saturated carbocycles. The number of hydrogen-bond donors (Lipinski definition) is 1. The highest BCUT2D eigenvalue weighted by atomic mass is 79.9. The van der Waals surface area contributed by atoms with Crippen LogP contribution in [-0.2, 0) is 0 Å². The van der Waals surface area contributed by atoms with Gasteiger partial charge in [0.1, 0.15) is 5.75 Å². The molecule has 0 unspecified atom stereocenters. The largest absolute Gasteiger partial charge is 0.496 e. The van der Waals surface area contributed by atoms with Gasteiger partial charge in [-0.1, -0.05) is 22.0 Å². The van der Waals surface area contributed by atoms with Crippen LogP contribution in [0.2, 0.25) is 0 Å². The molecule has 0 fully saturated rings. The maximum absolute atomic E-state index is 6.08. The van der Waals surface area contributed by atoms with E-state index in [-0.39, 0.29) is 6.04 Å². The number of allylic oxidation sites excluding steroid dienone is 1. The zero-order valence-corrected chi connectivity index (χ0v) is 10.5. The summed E-state index contributed by atoms with van der Waals surface area (Å²) in [7, 11) is 1.66. The van der Waals surface area contributed by atoms with Crippen molar-refractivity contribution < 1.29 is 4.74 Å². The SMILES string of the molecule is C=CCC[C@H](N)c1cc(Br)ccc1OC. The maximum Gasteiger partial charge on any atom is 0.123 e. The van der Waals surface area contributed by atoms with Crippen molar-refractivity contribution in [3.8, 4) is 5.75 Å². The molecule has 0 saturated heterocycles. The molecule has 1 atom stereocenters. The van der Waals surface area contributed by atoms with Crippen molar-refractivity contribution in [1.82, 2.24) is 0 Å². The van der Waals surface area contributed by atoms with Crippen LogP contribution in [0.15, 0.2) is 35.3 Å². The van der Waals surface area contributed by atoms with Crippen LogP contribution >= 0.6 is 15.9 Å². The summed E-state index contributed by atoms with van der Waals surface area (Å²) >= 11 is 3.43. The summed E-state index contributed by atoms with van der Waals surface area (Å²) < 4.78 is 6.30. The van der Waals surface area contributed by atoms with Crippen molar-refractivity contribution in [3.05, 3.63) is 40.9 Å². The van der Waals surface area contributed by atoms with Gasteiger partial charge in [-0.3, -0.25) is 0 Å². The highest BCUT2D eigenvalue weighted by molar-refractivity contribution is 9.10. The van der Waals surface area contributed by atoms with Crippen LogP contribution < -0.4 is 10.5 Å². The quantitative estimate of drug-likeness (QED) is 0.832. The Hall–Kier alpha value is -0.800. The molecule has 1 rings (SSSR count). The summed E-state index contributed by atoms with van der Waals surface area (Å²) in [6.45, 7) is 3.69. The lowest BCUT2D eigenvalue weighted by molar-refractivity contribution is 0.404. The van der Waals surface area contributed by atoms with Gasteiger partial charge in [0.25, 0.3) is 0 Å². The fraction of sp³-hybridized carbons (Fsp3) is 0.333. The van der Waals surface area contributed by atoms with E-state index >= 15 is 0 Å². The molecule has 0 bridgehead atoms. The van der Waals surface area contributed by atoms with E-state index in [1.54, 1.807) is 7.11 Å². The van der Waals surface area contributed by atoms with Crippen LogP contribution in [0, 0.1) is 0 Å². The normalized spacial score (nSPS) is 12.2. The number of ether oxygens (including phenoxy) is 1. The van der Waals surface area contributed by atoms with E-state index in [9.17, 15) is 0 Å². The van der Waals surface area contributed by atoms with Crippen LogP contribution in [0.5, 0.6) is 5.75 Å². The molecule has 0 aromatic heterocycles. The van der Waals surface area contributed by atoms with E-state index in [0.717, 1.165) is 28.6 Å². The number of methoxy groups -OCH3 is 1. The standard InChI is InChI=1S/C12H16BrNO/c1-3-4-5-11(14)10-8-9(13)6-7-12(10)15-2/h3,6-8,11H,1,4-5,14H2,2H3/t11-/m0/s1. The van der Waals surface area contributed by atoms with Crippen molar-refractivity contribution in [2.75, 3.05) is 7.11 Å². The Kier molecular flexibility index (Phi) is 4.85. The second kappa shape index (κ2) is 5.93. The molecule has 2 N–H and O–H groups in total. The molecular formula is C12H16BrNO. The molecular weight excluding hydrogens is 254 g/mol. The first kappa shape index (κ1) is 12.3. The Morgan fingerprint density at radius 3 is 2.93 bits per heavy atom. The third-order valence-corrected chi connectivity index (χ3v) is 2.77. The van der Waals surface area contributed by atoms with E-state index in [2.05, 4.69) is 22.5 Å². The number of nitrogens with two attached hydrogens (primary N) is 1. The van der Waals surface area contributed by atoms with Crippen LogP contribution in [-0.4, -0.2) is 7.11 Å². The average Bonchev–Trinajstić information content (AvgIpc) is 2.25. The second-order valence-electron chi connectivity index (χ2n) is 3.36. The third kappa shape index (κ3) is 3.36. The summed E-state index contributed by atoms with van der Waals surface area (Å²) in [6, 6.07) is 5.87. The zero-order valence-electron chi connectivity index (χ0n) is 8.87. The molecule has 3 heteroatoms. The topological polar surface area (TPSA) is 35.2 Å². The van der Waals surface area contributed by atoms with E-state index in [1.165, 1.54) is 0 Å². The van der Waals surface area contributed by atoms with Crippen LogP contribution in [0.1, 0.15) is 24.4 Å². The molecule has 0 aliphatic rings. The molecule has 0 amide bonds. The molecule has 15 heavy (non-hydrogen) atoms. The van der Waals surface area contributed by atoms with Gasteiger partial charge in [-0.2, -0.15) is 0 Å². The number of halogens is 1. The smallest absolute Gasteiger partial charge is 0.123 e. The minimum atomic E-state index is -0.00421. The molecule has 0 aliphatic carbocycles. The van der Waals surface area contributed by atoms with Gasteiger partial charge in [0, 0.05) is 16.1 Å². The van der Waals surface area contributed by atoms with Crippen molar-refractivity contribution >= 4 is 15.9 Å². The molecule has 1 aromatic rings. The van der Waals surface area contributed by atoms with Gasteiger partial charge in [-0.25, -0.2) is 0 Å². The Bertz CT molecular complexity index is 338. The summed E-state index contributed by atoms with van der Waals surface area (Å²) in [5, 5.41) is 0. The summed E-state index contributed by atoms with van der Waals surface area (Å²) in [5.41, 5.74) is 7.11. The first-order chi connectivity index (χ1) is 7.19. The predicted molar refractivity (Wildman–Crippen MR) is 67.1 cm³/mol. The molecule has 0 heterocycles. The van der Waals surface area contributed by atoms with Gasteiger partial charge in [-0.05, 0) is 31.0 Å². The highest BCUT2D eigenvalue weighted by Gasteiger charge is 2.11. The fourth-order valence-corrected chi connectivity index (χ4v) is 1.83. The third-order valence-electron chi connectivity index (χ3n) is 2.27. The maximum atomic E-state index is 6.08. The van der Waals surface area contributed by atoms with Gasteiger partial charge in [0.2, 0.25) is 0 Å². The van der Waals surface area contributed by atoms with Gasteiger partial charge < -0.3 is 10.5 Å². The highest BCUT2D eigenvalue weighted by Crippen LogP contribution is 2.29. The van der Waals surface area contributed by atoms with E-state index in [4.69, 9.17) is 10.5 Å². The van der Waals surface area contributed by atoms with E-state index in [1.807, 2.05) is 24.3 Å². The summed E-state index contributed by atoms with van der Waals surface area (Å²) in [5.74, 6) is 0.842. The number of benzene rings is 1. The predicted octanol–water partition coefficient (Wildman–Crippen LogP) is 3.42. The first-order valence-corrected chi connectivity index (χ1v) is 5.68. The van der Waals surface area contributed by atoms with Crippen molar-refractivity contribution in [2.45, 2.75) is 18.9 Å². The molecule has 1 aromatic carbocycles. The van der Waals surface area contributed by atoms with Crippen LogP contribution in [0.4, 0.5) is 0 Å². The van der Waals surface area contributed by atoms with Crippen LogP contribution in [0.25, 0.3) is 0 Å². The number of hydrogen-bond acceptors (Lipinski definition) is 2. The minimum Gasteiger partial charge on any atom is -0.496 e. The summed E-state index contributed by atoms with van der Waals surface area (Å²) in [6.07, 6.45) is 3.68. The zero-order chi connectivity index (χ0) is 11.3. The lowest BCUT2D eigenvalue weighted by Crippen LogP contribution is -2.11. The van der Waals surface area contributed by atoms with Crippen molar-refractivity contribution in [1.29, 1.82) is 0 Å². The fourth-order valence-electron chi connectivity index (χ4n) is 1.45. The Labute approximate surface area is 99.3 Å². The summed E-state index contributed by atoms with van der Waals surface area (Å²) in [4.78, 5) is 0. The Morgan fingerprint density at radius 2 is 2.33 bits per heavy atom. The van der Waals surface area contributed by atoms with E-state index < -0.39 is 0 Å². The number of rotatable bonds is 5. The Morgan fingerprint density at radius 1 is 1.60 bits per heavy atom. The van der Waals surface area contributed by atoms with Gasteiger partial charge in [-0.15, -0.1) is 6.58 Å². The molecule has 0 spiro atoms. The second-order valence-corrected chi connectivity index (χ2v) is 4.27. The van der Waals surface area contributed by atoms with Gasteiger partial charge in [0.05, 0.1) is 7.11 Å². The lowest BCUT2D eigenvalue weighted by atomic mass is 10.0. The monoisotopic (exact) mass is 269 g/mol. The molecule has 0 aliphatic heterocycles. The Balaban J connectivity index is 2.89. The first-order valence-electron chi connectivity index (χ1n) is 4.89. The lowest BCUT2D eigenvalue weighted by Gasteiger charge is -2.15. The van der Waals surface area contributed by atoms with Crippen molar-refractivity contribution in [2.24, 2.45) is 5.73 Å². The minimum absolute atomic E-state index is 0.00421. The molecule has 0 radical (unpaired) electrons. The molecule has 2 nitrogen and oxygen atoms in total. The van der Waals surface area contributed by atoms with E-state index in [0.29, 0.717) is 0 Å². The van der Waals surface area contributed by atoms with Crippen LogP contribution in [0.3, 0.4) is 0 Å².